The molecule has 154 valence electrons. The molecule has 1 saturated heterocycles. The number of pyridine rings is 1. The molecule has 8 nitrogen and oxygen atoms in total. The quantitative estimate of drug-likeness (QED) is 0.653. The summed E-state index contributed by atoms with van der Waals surface area (Å²) in [6.45, 7) is 5.09. The van der Waals surface area contributed by atoms with Crippen LogP contribution in [-0.4, -0.2) is 66.7 Å². The van der Waals surface area contributed by atoms with Gasteiger partial charge in [-0.1, -0.05) is 12.1 Å². The van der Waals surface area contributed by atoms with Gasteiger partial charge in [-0.25, -0.2) is 9.97 Å². The lowest BCUT2D eigenvalue weighted by molar-refractivity contribution is 0.122. The van der Waals surface area contributed by atoms with E-state index in [1.807, 2.05) is 6.07 Å². The molecule has 2 aliphatic rings. The van der Waals surface area contributed by atoms with Crippen molar-refractivity contribution >= 4 is 28.9 Å². The molecule has 1 atom stereocenters. The Bertz CT molecular complexity index is 1030. The normalized spacial score (nSPS) is 18.5. The highest BCUT2D eigenvalue weighted by Gasteiger charge is 2.14. The molecule has 30 heavy (non-hydrogen) atoms. The van der Waals surface area contributed by atoms with Crippen molar-refractivity contribution < 1.29 is 4.74 Å². The molecular weight excluding hydrogens is 378 g/mol. The number of morpholine rings is 1. The van der Waals surface area contributed by atoms with E-state index < -0.39 is 0 Å². The van der Waals surface area contributed by atoms with E-state index in [0.29, 0.717) is 6.04 Å². The Hall–Kier alpha value is -3.26. The number of anilines is 2. The topological polar surface area (TPSA) is 87.6 Å². The first-order chi connectivity index (χ1) is 14.9. The van der Waals surface area contributed by atoms with Crippen LogP contribution in [0.4, 0.5) is 11.5 Å². The molecule has 1 unspecified atom stereocenters. The van der Waals surface area contributed by atoms with Crippen LogP contribution < -0.4 is 15.5 Å². The van der Waals surface area contributed by atoms with E-state index in [4.69, 9.17) is 9.72 Å². The summed E-state index contributed by atoms with van der Waals surface area (Å²) in [4.78, 5) is 20.6. The monoisotopic (exact) mass is 403 g/mol. The van der Waals surface area contributed by atoms with Gasteiger partial charge in [-0.3, -0.25) is 9.98 Å². The van der Waals surface area contributed by atoms with Gasteiger partial charge in [0.1, 0.15) is 5.52 Å². The number of hydrogen-bond acceptors (Lipinski definition) is 8. The Kier molecular flexibility index (Phi) is 5.39. The summed E-state index contributed by atoms with van der Waals surface area (Å²) in [5, 5.41) is 6.59. The predicted molar refractivity (Wildman–Crippen MR) is 119 cm³/mol. The van der Waals surface area contributed by atoms with Crippen LogP contribution in [0.3, 0.4) is 0 Å². The van der Waals surface area contributed by atoms with Crippen molar-refractivity contribution in [1.82, 2.24) is 20.3 Å². The summed E-state index contributed by atoms with van der Waals surface area (Å²) < 4.78 is 5.45. The minimum atomic E-state index is 0.311. The summed E-state index contributed by atoms with van der Waals surface area (Å²) in [5.41, 5.74) is 4.79. The highest BCUT2D eigenvalue weighted by Crippen LogP contribution is 2.27. The molecular formula is C22H25N7O. The Balaban J connectivity index is 1.38. The molecule has 3 aromatic rings. The molecule has 2 N–H and O–H groups in total. The number of benzene rings is 1. The fourth-order valence-corrected chi connectivity index (χ4v) is 3.84. The van der Waals surface area contributed by atoms with E-state index in [-0.39, 0.29) is 0 Å². The maximum Gasteiger partial charge on any atom is 0.154 e. The fourth-order valence-electron chi connectivity index (χ4n) is 3.84. The minimum absolute atomic E-state index is 0.311. The zero-order valence-electron chi connectivity index (χ0n) is 16.8. The van der Waals surface area contributed by atoms with E-state index in [0.717, 1.165) is 73.9 Å². The van der Waals surface area contributed by atoms with Gasteiger partial charge in [0, 0.05) is 49.8 Å². The molecule has 4 heterocycles. The third-order valence-corrected chi connectivity index (χ3v) is 5.50. The largest absolute Gasteiger partial charge is 0.378 e. The number of nitrogens with zero attached hydrogens (tertiary/aromatic N) is 5. The van der Waals surface area contributed by atoms with Crippen molar-refractivity contribution in [1.29, 1.82) is 0 Å². The van der Waals surface area contributed by atoms with Crippen LogP contribution >= 0.6 is 0 Å². The molecule has 0 radical (unpaired) electrons. The number of hydrogen-bond donors (Lipinski definition) is 2. The molecule has 0 bridgehead atoms. The first kappa shape index (κ1) is 18.7. The van der Waals surface area contributed by atoms with E-state index in [2.05, 4.69) is 54.8 Å². The van der Waals surface area contributed by atoms with Crippen molar-refractivity contribution in [3.05, 3.63) is 42.7 Å². The standard InChI is InChI=1S/C22H25N7O/c1-3-18(29-9-11-30-12-10-29)4-2-16(1)19-13-20-21(25-8-7-24-20)22(28-19)26-6-5-17-14-23-15-27-17/h1-4,7-8,13,15,17H,5-6,9-12,14H2,(H,23,27)(H,26,28). The average Bonchev–Trinajstić information content (AvgIpc) is 3.33. The molecule has 5 rings (SSSR count). The van der Waals surface area contributed by atoms with Gasteiger partial charge in [0.15, 0.2) is 5.82 Å². The lowest BCUT2D eigenvalue weighted by Crippen LogP contribution is -2.36. The number of aromatic nitrogens is 3. The fraction of sp³-hybridized carbons (Fsp3) is 0.364. The van der Waals surface area contributed by atoms with Gasteiger partial charge in [-0.2, -0.15) is 0 Å². The van der Waals surface area contributed by atoms with Crippen LogP contribution in [0.25, 0.3) is 22.3 Å². The first-order valence-corrected chi connectivity index (χ1v) is 10.4. The van der Waals surface area contributed by atoms with E-state index in [9.17, 15) is 0 Å². The molecule has 0 amide bonds. The SMILES string of the molecule is C1=NC(CCNc2nc(-c3ccc(N4CCOCC4)cc3)cc3nccnc23)CN1. The molecule has 0 saturated carbocycles. The smallest absolute Gasteiger partial charge is 0.154 e. The number of aliphatic imine (C=N–C) groups is 1. The lowest BCUT2D eigenvalue weighted by Gasteiger charge is -2.28. The molecule has 2 aliphatic heterocycles. The Morgan fingerprint density at radius 3 is 2.73 bits per heavy atom. The Morgan fingerprint density at radius 1 is 1.10 bits per heavy atom. The van der Waals surface area contributed by atoms with Gasteiger partial charge in [-0.15, -0.1) is 0 Å². The summed E-state index contributed by atoms with van der Waals surface area (Å²) in [6.07, 6.45) is 6.14. The van der Waals surface area contributed by atoms with Crippen LogP contribution in [0.15, 0.2) is 47.7 Å². The summed E-state index contributed by atoms with van der Waals surface area (Å²) >= 11 is 0. The van der Waals surface area contributed by atoms with Crippen molar-refractivity contribution in [3.8, 4) is 11.3 Å². The maximum absolute atomic E-state index is 5.45. The van der Waals surface area contributed by atoms with Gasteiger partial charge in [0.05, 0.1) is 36.8 Å². The van der Waals surface area contributed by atoms with E-state index in [1.165, 1.54) is 5.69 Å². The van der Waals surface area contributed by atoms with Gasteiger partial charge in [0.25, 0.3) is 0 Å². The van der Waals surface area contributed by atoms with Crippen molar-refractivity contribution in [3.63, 3.8) is 0 Å². The molecule has 1 fully saturated rings. The number of nitrogens with one attached hydrogen (secondary N) is 2. The van der Waals surface area contributed by atoms with Crippen molar-refractivity contribution in [2.75, 3.05) is 49.6 Å². The van der Waals surface area contributed by atoms with E-state index in [1.54, 1.807) is 18.7 Å². The first-order valence-electron chi connectivity index (χ1n) is 10.4. The lowest BCUT2D eigenvalue weighted by atomic mass is 10.1. The minimum Gasteiger partial charge on any atom is -0.378 e. The van der Waals surface area contributed by atoms with Crippen molar-refractivity contribution in [2.45, 2.75) is 12.5 Å². The Morgan fingerprint density at radius 2 is 1.93 bits per heavy atom. The second-order valence-corrected chi connectivity index (χ2v) is 7.48. The molecule has 2 aromatic heterocycles. The molecule has 0 aliphatic carbocycles. The molecule has 1 aromatic carbocycles. The van der Waals surface area contributed by atoms with Crippen LogP contribution in [0.2, 0.25) is 0 Å². The predicted octanol–water partition coefficient (Wildman–Crippen LogP) is 2.33. The van der Waals surface area contributed by atoms with Gasteiger partial charge in [-0.05, 0) is 24.6 Å². The number of rotatable bonds is 6. The van der Waals surface area contributed by atoms with Crippen LogP contribution in [0.1, 0.15) is 6.42 Å². The number of fused-ring (bicyclic) bond motifs is 1. The third kappa shape index (κ3) is 4.04. The van der Waals surface area contributed by atoms with Gasteiger partial charge < -0.3 is 20.3 Å². The molecule has 0 spiro atoms. The second kappa shape index (κ2) is 8.62. The van der Waals surface area contributed by atoms with Crippen LogP contribution in [0, 0.1) is 0 Å². The average molecular weight is 403 g/mol. The van der Waals surface area contributed by atoms with Crippen LogP contribution in [0.5, 0.6) is 0 Å². The Labute approximate surface area is 175 Å². The highest BCUT2D eigenvalue weighted by molar-refractivity contribution is 5.88. The summed E-state index contributed by atoms with van der Waals surface area (Å²) in [7, 11) is 0. The summed E-state index contributed by atoms with van der Waals surface area (Å²) in [6, 6.07) is 10.9. The van der Waals surface area contributed by atoms with Gasteiger partial charge >= 0.3 is 0 Å². The maximum atomic E-state index is 5.45. The third-order valence-electron chi connectivity index (χ3n) is 5.50. The van der Waals surface area contributed by atoms with Gasteiger partial charge in [0.2, 0.25) is 0 Å². The van der Waals surface area contributed by atoms with E-state index >= 15 is 0 Å². The van der Waals surface area contributed by atoms with Crippen molar-refractivity contribution in [2.24, 2.45) is 4.99 Å². The zero-order valence-corrected chi connectivity index (χ0v) is 16.8. The summed E-state index contributed by atoms with van der Waals surface area (Å²) in [5.74, 6) is 0.766. The molecule has 8 heteroatoms. The highest BCUT2D eigenvalue weighted by atomic mass is 16.5. The second-order valence-electron chi connectivity index (χ2n) is 7.48. The number of ether oxygens (including phenoxy) is 1. The van der Waals surface area contributed by atoms with Crippen LogP contribution in [-0.2, 0) is 4.74 Å². The zero-order chi connectivity index (χ0) is 20.2.